The van der Waals surface area contributed by atoms with Crippen LogP contribution in [0.3, 0.4) is 0 Å². The molecule has 5 rings (SSSR count). The molecule has 0 fully saturated rings. The summed E-state index contributed by atoms with van der Waals surface area (Å²) in [6, 6.07) is 24.2. The largest absolute Gasteiger partial charge is 0.508 e. The predicted octanol–water partition coefficient (Wildman–Crippen LogP) is 6.41. The van der Waals surface area contributed by atoms with E-state index in [0.29, 0.717) is 17.0 Å². The minimum Gasteiger partial charge on any atom is -0.508 e. The van der Waals surface area contributed by atoms with E-state index in [9.17, 15) is 22.3 Å². The molecule has 0 saturated carbocycles. The van der Waals surface area contributed by atoms with Gasteiger partial charge >= 0.3 is 0 Å². The molecule has 35 heavy (non-hydrogen) atoms. The topological polar surface area (TPSA) is 70.5 Å². The third-order valence-corrected chi connectivity index (χ3v) is 7.32. The monoisotopic (exact) mass is 488 g/mol. The van der Waals surface area contributed by atoms with Crippen molar-refractivity contribution in [3.63, 3.8) is 0 Å². The van der Waals surface area contributed by atoms with Crippen LogP contribution >= 0.6 is 0 Å². The number of halogens is 2. The van der Waals surface area contributed by atoms with Crippen LogP contribution in [0.4, 0.5) is 20.2 Å². The second-order valence-electron chi connectivity index (χ2n) is 7.79. The number of para-hydroxylation sites is 1. The Morgan fingerprint density at radius 2 is 1.49 bits per heavy atom. The van der Waals surface area contributed by atoms with Crippen LogP contribution in [-0.4, -0.2) is 18.5 Å². The van der Waals surface area contributed by atoms with Crippen molar-refractivity contribution in [3.8, 4) is 16.9 Å². The van der Waals surface area contributed by atoms with E-state index in [-0.39, 0.29) is 17.1 Å². The van der Waals surface area contributed by atoms with Crippen molar-refractivity contribution in [3.05, 3.63) is 115 Å². The van der Waals surface area contributed by atoms with Gasteiger partial charge in [0.2, 0.25) is 0 Å². The van der Waals surface area contributed by atoms with Gasteiger partial charge in [0.1, 0.15) is 22.3 Å². The minimum atomic E-state index is -4.50. The summed E-state index contributed by atoms with van der Waals surface area (Å²) >= 11 is 0. The van der Waals surface area contributed by atoms with Crippen molar-refractivity contribution in [2.24, 2.45) is 0 Å². The Morgan fingerprint density at radius 3 is 2.20 bits per heavy atom. The standard InChI is InChI=1S/C27H18F2N2O3S/c28-20-9-13-27(24(29)17-20)35(33,34)31(21-4-2-1-3-5-21)26-14-15-30-25-12-8-19(16-23(25)26)18-6-10-22(32)11-7-18/h1-17,32H. The van der Waals surface area contributed by atoms with E-state index in [0.717, 1.165) is 27.6 Å². The van der Waals surface area contributed by atoms with Gasteiger partial charge in [-0.15, -0.1) is 0 Å². The van der Waals surface area contributed by atoms with E-state index in [1.54, 1.807) is 66.7 Å². The zero-order valence-electron chi connectivity index (χ0n) is 18.1. The molecule has 8 heteroatoms. The van der Waals surface area contributed by atoms with Crippen LogP contribution in [0.25, 0.3) is 22.0 Å². The number of phenols is 1. The fourth-order valence-electron chi connectivity index (χ4n) is 3.90. The Balaban J connectivity index is 1.77. The number of sulfonamides is 1. The van der Waals surface area contributed by atoms with E-state index in [1.165, 1.54) is 12.3 Å². The van der Waals surface area contributed by atoms with E-state index >= 15 is 0 Å². The first-order chi connectivity index (χ1) is 16.8. The number of hydrogen-bond acceptors (Lipinski definition) is 4. The Kier molecular flexibility index (Phi) is 5.66. The summed E-state index contributed by atoms with van der Waals surface area (Å²) in [7, 11) is -4.50. The number of benzene rings is 4. The minimum absolute atomic E-state index is 0.125. The third kappa shape index (κ3) is 4.20. The van der Waals surface area contributed by atoms with Gasteiger partial charge in [-0.05, 0) is 65.7 Å². The first-order valence-corrected chi connectivity index (χ1v) is 12.0. The number of rotatable bonds is 5. The summed E-state index contributed by atoms with van der Waals surface area (Å²) in [5, 5.41) is 10.1. The number of pyridine rings is 1. The van der Waals surface area contributed by atoms with Crippen molar-refractivity contribution in [1.82, 2.24) is 4.98 Å². The second kappa shape index (κ2) is 8.81. The molecule has 1 aromatic heterocycles. The zero-order valence-corrected chi connectivity index (χ0v) is 19.0. The Morgan fingerprint density at radius 1 is 0.771 bits per heavy atom. The zero-order chi connectivity index (χ0) is 24.6. The normalized spacial score (nSPS) is 11.5. The molecule has 0 radical (unpaired) electrons. The molecular weight excluding hydrogens is 470 g/mol. The molecule has 0 bridgehead atoms. The highest BCUT2D eigenvalue weighted by atomic mass is 32.2. The molecule has 0 aliphatic carbocycles. The summed E-state index contributed by atoms with van der Waals surface area (Å²) in [5.74, 6) is -1.94. The summed E-state index contributed by atoms with van der Waals surface area (Å²) in [6.07, 6.45) is 1.48. The molecule has 1 heterocycles. The maximum atomic E-state index is 14.7. The maximum Gasteiger partial charge on any atom is 0.271 e. The Bertz CT molecular complexity index is 1640. The van der Waals surface area contributed by atoms with E-state index in [1.807, 2.05) is 6.07 Å². The van der Waals surface area contributed by atoms with Crippen molar-refractivity contribution in [1.29, 1.82) is 0 Å². The van der Waals surface area contributed by atoms with E-state index in [2.05, 4.69) is 4.98 Å². The van der Waals surface area contributed by atoms with Crippen LogP contribution in [0.15, 0.2) is 108 Å². The van der Waals surface area contributed by atoms with Gasteiger partial charge in [-0.3, -0.25) is 4.98 Å². The van der Waals surface area contributed by atoms with E-state index in [4.69, 9.17) is 0 Å². The lowest BCUT2D eigenvalue weighted by Crippen LogP contribution is -2.27. The number of aromatic hydroxyl groups is 1. The van der Waals surface area contributed by atoms with Crippen LogP contribution < -0.4 is 4.31 Å². The lowest BCUT2D eigenvalue weighted by atomic mass is 10.0. The van der Waals surface area contributed by atoms with Gasteiger partial charge in [-0.1, -0.05) is 36.4 Å². The first-order valence-electron chi connectivity index (χ1n) is 10.6. The molecule has 0 saturated heterocycles. The number of anilines is 2. The summed E-state index contributed by atoms with van der Waals surface area (Å²) in [4.78, 5) is 3.72. The predicted molar refractivity (Wildman–Crippen MR) is 131 cm³/mol. The maximum absolute atomic E-state index is 14.7. The SMILES string of the molecule is O=S(=O)(c1ccc(F)cc1F)N(c1ccccc1)c1ccnc2ccc(-c3ccc(O)cc3)cc12. The van der Waals surface area contributed by atoms with Gasteiger partial charge in [0.25, 0.3) is 10.0 Å². The van der Waals surface area contributed by atoms with Gasteiger partial charge in [-0.25, -0.2) is 21.5 Å². The first kappa shape index (κ1) is 22.5. The molecule has 0 spiro atoms. The molecule has 0 aliphatic heterocycles. The smallest absolute Gasteiger partial charge is 0.271 e. The van der Waals surface area contributed by atoms with Gasteiger partial charge in [0, 0.05) is 17.6 Å². The van der Waals surface area contributed by atoms with Gasteiger partial charge < -0.3 is 5.11 Å². The second-order valence-corrected chi connectivity index (χ2v) is 9.54. The number of fused-ring (bicyclic) bond motifs is 1. The summed E-state index contributed by atoms with van der Waals surface area (Å²) in [5.41, 5.74) is 2.63. The molecule has 0 atom stereocenters. The fourth-order valence-corrected chi connectivity index (χ4v) is 5.46. The summed E-state index contributed by atoms with van der Waals surface area (Å²) in [6.45, 7) is 0. The molecule has 4 aromatic carbocycles. The van der Waals surface area contributed by atoms with Crippen LogP contribution in [0, 0.1) is 11.6 Å². The highest BCUT2D eigenvalue weighted by Gasteiger charge is 2.31. The summed E-state index contributed by atoms with van der Waals surface area (Å²) < 4.78 is 56.9. The van der Waals surface area contributed by atoms with Gasteiger partial charge in [0.05, 0.1) is 16.9 Å². The van der Waals surface area contributed by atoms with Crippen molar-refractivity contribution >= 4 is 32.3 Å². The van der Waals surface area contributed by atoms with Crippen LogP contribution in [0.2, 0.25) is 0 Å². The van der Waals surface area contributed by atoms with Crippen molar-refractivity contribution < 1.29 is 22.3 Å². The highest BCUT2D eigenvalue weighted by Crippen LogP contribution is 2.38. The lowest BCUT2D eigenvalue weighted by molar-refractivity contribution is 0.475. The molecule has 1 N–H and O–H groups in total. The third-order valence-electron chi connectivity index (χ3n) is 5.54. The number of hydrogen-bond donors (Lipinski definition) is 1. The quantitative estimate of drug-likeness (QED) is 0.310. The molecule has 174 valence electrons. The lowest BCUT2D eigenvalue weighted by Gasteiger charge is -2.26. The number of phenolic OH excluding ortho intramolecular Hbond substituents is 1. The average molecular weight is 489 g/mol. The number of nitrogens with zero attached hydrogens (tertiary/aromatic N) is 2. The Labute approximate surface area is 200 Å². The average Bonchev–Trinajstić information content (AvgIpc) is 2.85. The molecule has 0 aliphatic rings. The molecule has 5 nitrogen and oxygen atoms in total. The van der Waals surface area contributed by atoms with Crippen LogP contribution in [-0.2, 0) is 10.0 Å². The molecule has 0 unspecified atom stereocenters. The van der Waals surface area contributed by atoms with E-state index < -0.39 is 26.6 Å². The molecular formula is C27H18F2N2O3S. The Hall–Kier alpha value is -4.30. The molecule has 0 amide bonds. The van der Waals surface area contributed by atoms with Gasteiger partial charge in [0.15, 0.2) is 0 Å². The van der Waals surface area contributed by atoms with Crippen molar-refractivity contribution in [2.45, 2.75) is 4.90 Å². The number of aromatic nitrogens is 1. The van der Waals surface area contributed by atoms with Crippen LogP contribution in [0.1, 0.15) is 0 Å². The van der Waals surface area contributed by atoms with Crippen molar-refractivity contribution in [2.75, 3.05) is 4.31 Å². The molecule has 5 aromatic rings. The fraction of sp³-hybridized carbons (Fsp3) is 0. The van der Waals surface area contributed by atoms with Gasteiger partial charge in [-0.2, -0.15) is 0 Å². The highest BCUT2D eigenvalue weighted by molar-refractivity contribution is 7.93. The van der Waals surface area contributed by atoms with Crippen LogP contribution in [0.5, 0.6) is 5.75 Å².